The van der Waals surface area contributed by atoms with Gasteiger partial charge < -0.3 is 18.9 Å². The summed E-state index contributed by atoms with van der Waals surface area (Å²) in [4.78, 5) is 17.7. The Morgan fingerprint density at radius 2 is 1.71 bits per heavy atom. The molecule has 2 unspecified atom stereocenters. The number of carbonyl (C=O) groups excluding carboxylic acids is 1. The Hall–Kier alpha value is -1.96. The largest absolute Gasteiger partial charge is 0.480 e. The quantitative estimate of drug-likeness (QED) is 0.486. The monoisotopic (exact) mass is 491 g/mol. The molecule has 0 saturated carbocycles. The maximum absolute atomic E-state index is 13.9. The topological polar surface area (TPSA) is 107 Å². The van der Waals surface area contributed by atoms with E-state index in [9.17, 15) is 18.0 Å². The van der Waals surface area contributed by atoms with Gasteiger partial charge in [-0.2, -0.15) is 13.2 Å². The van der Waals surface area contributed by atoms with Crippen molar-refractivity contribution in [2.75, 3.05) is 13.2 Å². The molecule has 0 radical (unpaired) electrons. The summed E-state index contributed by atoms with van der Waals surface area (Å²) in [6.07, 6.45) is -10.8. The molecule has 1 aromatic carbocycles. The highest BCUT2D eigenvalue weighted by Crippen LogP contribution is 2.42. The molecule has 3 heterocycles. The third-order valence-electron chi connectivity index (χ3n) is 6.36. The molecule has 4 rings (SSSR count). The van der Waals surface area contributed by atoms with Crippen molar-refractivity contribution in [3.05, 3.63) is 28.8 Å². The minimum absolute atomic E-state index is 0.0819. The predicted molar refractivity (Wildman–Crippen MR) is 107 cm³/mol. The second kappa shape index (κ2) is 8.92. The van der Waals surface area contributed by atoms with E-state index in [4.69, 9.17) is 34.2 Å². The maximum atomic E-state index is 13.9. The summed E-state index contributed by atoms with van der Waals surface area (Å²) in [6, 6.07) is 3.38. The molecule has 0 bridgehead atoms. The Morgan fingerprint density at radius 1 is 1.09 bits per heavy atom. The smallest absolute Gasteiger partial charge is 0.426 e. The summed E-state index contributed by atoms with van der Waals surface area (Å²) in [6.45, 7) is 7.54. The second-order valence-electron chi connectivity index (χ2n) is 9.88. The molecule has 1 aromatic rings. The van der Waals surface area contributed by atoms with E-state index in [1.165, 1.54) is 0 Å². The van der Waals surface area contributed by atoms with Gasteiger partial charge in [-0.3, -0.25) is 15.2 Å². The van der Waals surface area contributed by atoms with Gasteiger partial charge in [0, 0.05) is 0 Å². The van der Waals surface area contributed by atoms with Crippen molar-refractivity contribution in [1.82, 2.24) is 5.39 Å². The highest BCUT2D eigenvalue weighted by molar-refractivity contribution is 5.75. The van der Waals surface area contributed by atoms with Crippen LogP contribution in [0.15, 0.2) is 12.1 Å². The number of halogens is 3. The van der Waals surface area contributed by atoms with Gasteiger partial charge in [-0.05, 0) is 41.5 Å². The number of nitrogens with zero attached hydrogens (tertiary/aromatic N) is 1. The minimum Gasteiger partial charge on any atom is -0.480 e. The average molecular weight is 491 g/mol. The Bertz CT molecular complexity index is 932. The number of carbonyl (C=O) groups is 1. The van der Waals surface area contributed by atoms with E-state index in [1.54, 1.807) is 12.1 Å². The zero-order valence-corrected chi connectivity index (χ0v) is 19.2. The Morgan fingerprint density at radius 3 is 2.29 bits per heavy atom. The van der Waals surface area contributed by atoms with Crippen LogP contribution >= 0.6 is 0 Å². The Kier molecular flexibility index (Phi) is 6.60. The van der Waals surface area contributed by atoms with Crippen molar-refractivity contribution in [2.24, 2.45) is 5.92 Å². The fourth-order valence-corrected chi connectivity index (χ4v) is 4.87. The van der Waals surface area contributed by atoms with Crippen molar-refractivity contribution in [3.63, 3.8) is 0 Å². The first-order valence-electron chi connectivity index (χ1n) is 10.9. The molecule has 2 N–H and O–H groups in total. The highest BCUT2D eigenvalue weighted by atomic mass is 19.4. The fourth-order valence-electron chi connectivity index (χ4n) is 4.87. The fraction of sp³-hybridized carbons (Fsp3) is 0.682. The molecule has 0 aliphatic carbocycles. The number of alkyl halides is 3. The molecule has 12 heteroatoms. The Balaban J connectivity index is 1.53. The summed E-state index contributed by atoms with van der Waals surface area (Å²) in [5.74, 6) is -2.56. The van der Waals surface area contributed by atoms with E-state index in [2.05, 4.69) is 0 Å². The van der Waals surface area contributed by atoms with Crippen LogP contribution in [0.5, 0.6) is 5.75 Å². The second-order valence-corrected chi connectivity index (χ2v) is 9.88. The van der Waals surface area contributed by atoms with E-state index >= 15 is 0 Å². The molecular weight excluding hydrogens is 463 g/mol. The van der Waals surface area contributed by atoms with Crippen molar-refractivity contribution in [2.45, 2.75) is 76.2 Å². The predicted octanol–water partition coefficient (Wildman–Crippen LogP) is 2.86. The molecule has 34 heavy (non-hydrogen) atoms. The number of ether oxygens (including phenoxy) is 4. The van der Waals surface area contributed by atoms with Gasteiger partial charge in [0.05, 0.1) is 18.6 Å². The molecule has 190 valence electrons. The zero-order chi connectivity index (χ0) is 25.0. The lowest BCUT2D eigenvalue weighted by Gasteiger charge is -2.35. The van der Waals surface area contributed by atoms with Gasteiger partial charge in [-0.15, -0.1) is 0 Å². The third kappa shape index (κ3) is 4.88. The van der Waals surface area contributed by atoms with Gasteiger partial charge in [0.1, 0.15) is 30.0 Å². The van der Waals surface area contributed by atoms with Gasteiger partial charge in [0.15, 0.2) is 6.10 Å². The first kappa shape index (κ1) is 25.1. The SMILES string of the molecule is Cc1cc2c(cc1C(C)(C)C)O[C@H](C(F)(F)F)C(C(=O)O[C@H]1CO[C@@H]3C(ON(O)O)CO[C@H]13)C2. The summed E-state index contributed by atoms with van der Waals surface area (Å²) in [7, 11) is 0. The number of hydrogen-bond donors (Lipinski definition) is 2. The molecule has 0 spiro atoms. The van der Waals surface area contributed by atoms with Crippen molar-refractivity contribution < 1.29 is 52.2 Å². The molecule has 3 aliphatic heterocycles. The molecular formula is C22H28F3NO8. The number of benzene rings is 1. The average Bonchev–Trinajstić information content (AvgIpc) is 3.28. The van der Waals surface area contributed by atoms with E-state index in [-0.39, 0.29) is 30.8 Å². The van der Waals surface area contributed by atoms with Gasteiger partial charge in [0.2, 0.25) is 6.10 Å². The summed E-state index contributed by atoms with van der Waals surface area (Å²) in [5.41, 5.74) is 1.97. The number of fused-ring (bicyclic) bond motifs is 2. The summed E-state index contributed by atoms with van der Waals surface area (Å²) >= 11 is 0. The van der Waals surface area contributed by atoms with Crippen molar-refractivity contribution in [1.29, 1.82) is 0 Å². The lowest BCUT2D eigenvalue weighted by molar-refractivity contribution is -0.507. The number of rotatable bonds is 4. The van der Waals surface area contributed by atoms with Gasteiger partial charge in [-0.25, -0.2) is 4.84 Å². The number of aryl methyl sites for hydroxylation is 1. The number of esters is 1. The van der Waals surface area contributed by atoms with Gasteiger partial charge in [-0.1, -0.05) is 26.8 Å². The molecule has 0 aromatic heterocycles. The van der Waals surface area contributed by atoms with E-state index < -0.39 is 54.0 Å². The minimum atomic E-state index is -4.79. The van der Waals surface area contributed by atoms with Crippen LogP contribution in [0.2, 0.25) is 0 Å². The van der Waals surface area contributed by atoms with Crippen LogP contribution in [-0.4, -0.2) is 71.7 Å². The molecule has 0 amide bonds. The number of hydrogen-bond acceptors (Lipinski definition) is 9. The summed E-state index contributed by atoms with van der Waals surface area (Å²) in [5, 5.41) is 17.2. The molecule has 9 nitrogen and oxygen atoms in total. The first-order valence-corrected chi connectivity index (χ1v) is 10.9. The zero-order valence-electron chi connectivity index (χ0n) is 19.2. The molecule has 6 atom stereocenters. The molecule has 2 fully saturated rings. The van der Waals surface area contributed by atoms with Crippen LogP contribution in [0.4, 0.5) is 13.2 Å². The standard InChI is InChI=1S/C22H28F3NO8/c1-10-5-11-6-12(19(22(23,24)25)32-14(11)7-13(10)21(2,3)4)20(27)33-15-8-30-18-16(34-26(28)29)9-31-17(15)18/h5,7,12,15-19,28-29H,6,8-9H2,1-4H3/t12?,15-,16?,17+,18+,19-/m0/s1. The molecule has 3 aliphatic rings. The van der Waals surface area contributed by atoms with Crippen molar-refractivity contribution >= 4 is 5.97 Å². The van der Waals surface area contributed by atoms with Crippen LogP contribution in [0.3, 0.4) is 0 Å². The van der Waals surface area contributed by atoms with Gasteiger partial charge >= 0.3 is 12.1 Å². The van der Waals surface area contributed by atoms with Crippen LogP contribution in [0, 0.1) is 12.8 Å². The van der Waals surface area contributed by atoms with E-state index in [0.717, 1.165) is 11.1 Å². The van der Waals surface area contributed by atoms with Crippen molar-refractivity contribution in [3.8, 4) is 5.75 Å². The van der Waals surface area contributed by atoms with Crippen LogP contribution < -0.4 is 4.74 Å². The van der Waals surface area contributed by atoms with Crippen LogP contribution in [0.25, 0.3) is 0 Å². The lowest BCUT2D eigenvalue weighted by atomic mass is 9.81. The van der Waals surface area contributed by atoms with Crippen LogP contribution in [0.1, 0.15) is 37.5 Å². The normalized spacial score (nSPS) is 31.2. The van der Waals surface area contributed by atoms with Gasteiger partial charge in [0.25, 0.3) is 0 Å². The lowest BCUT2D eigenvalue weighted by Crippen LogP contribution is -2.49. The van der Waals surface area contributed by atoms with E-state index in [0.29, 0.717) is 5.56 Å². The molecule has 2 saturated heterocycles. The third-order valence-corrected chi connectivity index (χ3v) is 6.36. The maximum Gasteiger partial charge on any atom is 0.426 e. The van der Waals surface area contributed by atoms with E-state index in [1.807, 2.05) is 27.7 Å². The first-order chi connectivity index (χ1) is 15.8. The van der Waals surface area contributed by atoms with Crippen LogP contribution in [-0.2, 0) is 35.7 Å². The summed E-state index contributed by atoms with van der Waals surface area (Å²) < 4.78 is 63.4. The highest BCUT2D eigenvalue weighted by Gasteiger charge is 2.55. The Labute approximate surface area is 194 Å².